The van der Waals surface area contributed by atoms with Gasteiger partial charge in [-0.05, 0) is 43.6 Å². The molecule has 0 radical (unpaired) electrons. The van der Waals surface area contributed by atoms with E-state index in [0.717, 1.165) is 19.3 Å². The van der Waals surface area contributed by atoms with Crippen molar-refractivity contribution in [1.29, 1.82) is 0 Å². The van der Waals surface area contributed by atoms with Crippen LogP contribution in [0, 0.1) is 11.8 Å². The summed E-state index contributed by atoms with van der Waals surface area (Å²) in [6.45, 7) is 2.24. The van der Waals surface area contributed by atoms with E-state index in [1.165, 1.54) is 50.5 Å². The molecule has 0 saturated heterocycles. The number of allylic oxidation sites excluding steroid dienone is 1. The second-order valence-electron chi connectivity index (χ2n) is 7.15. The van der Waals surface area contributed by atoms with Crippen molar-refractivity contribution in [2.24, 2.45) is 11.8 Å². The average Bonchev–Trinajstić information content (AvgIpc) is 2.62. The van der Waals surface area contributed by atoms with E-state index in [1.807, 2.05) is 0 Å². The van der Waals surface area contributed by atoms with Crippen molar-refractivity contribution in [2.75, 3.05) is 0 Å². The summed E-state index contributed by atoms with van der Waals surface area (Å²) in [4.78, 5) is 0. The van der Waals surface area contributed by atoms with Gasteiger partial charge in [0.2, 0.25) is 0 Å². The number of benzene rings is 1. The molecule has 1 saturated carbocycles. The van der Waals surface area contributed by atoms with E-state index in [2.05, 4.69) is 49.4 Å². The minimum absolute atomic E-state index is 0.130. The van der Waals surface area contributed by atoms with Crippen LogP contribution in [0.1, 0.15) is 70.3 Å². The summed E-state index contributed by atoms with van der Waals surface area (Å²) < 4.78 is 0. The van der Waals surface area contributed by atoms with Gasteiger partial charge in [0.15, 0.2) is 0 Å². The minimum atomic E-state index is -0.130. The Bertz CT molecular complexity index is 431. The topological polar surface area (TPSA) is 20.2 Å². The van der Waals surface area contributed by atoms with Gasteiger partial charge >= 0.3 is 0 Å². The molecule has 1 aromatic rings. The third-order valence-corrected chi connectivity index (χ3v) is 5.29. The summed E-state index contributed by atoms with van der Waals surface area (Å²) in [5.41, 5.74) is 1.40. The molecule has 23 heavy (non-hydrogen) atoms. The molecule has 1 aliphatic rings. The fourth-order valence-electron chi connectivity index (χ4n) is 3.81. The van der Waals surface area contributed by atoms with E-state index in [4.69, 9.17) is 0 Å². The van der Waals surface area contributed by atoms with E-state index in [-0.39, 0.29) is 6.10 Å². The third kappa shape index (κ3) is 6.51. The van der Waals surface area contributed by atoms with E-state index >= 15 is 0 Å². The zero-order valence-electron chi connectivity index (χ0n) is 14.8. The van der Waals surface area contributed by atoms with Crippen LogP contribution in [0.3, 0.4) is 0 Å². The van der Waals surface area contributed by atoms with Crippen LogP contribution in [0.25, 0.3) is 0 Å². The molecule has 1 aromatic carbocycles. The van der Waals surface area contributed by atoms with Crippen molar-refractivity contribution < 1.29 is 5.11 Å². The maximum absolute atomic E-state index is 10.8. The first-order chi connectivity index (χ1) is 11.3. The Hall–Kier alpha value is -1.08. The van der Waals surface area contributed by atoms with Crippen LogP contribution in [0.2, 0.25) is 0 Å². The van der Waals surface area contributed by atoms with Gasteiger partial charge in [-0.1, -0.05) is 81.5 Å². The average molecular weight is 315 g/mol. The zero-order chi connectivity index (χ0) is 16.3. The van der Waals surface area contributed by atoms with Crippen molar-refractivity contribution in [3.05, 3.63) is 48.0 Å². The standard InChI is InChI=1S/C22H34O/c1-2-3-15-20(22(23)21-16-8-5-9-17-21)18-11-10-14-19-12-6-4-7-13-19/h4,6-7,11-13,18,20-23H,2-3,5,8-10,14-17H2,1H3/b18-11+/t20-,22+/m0/s1. The van der Waals surface area contributed by atoms with Crippen LogP contribution < -0.4 is 0 Å². The summed E-state index contributed by atoms with van der Waals surface area (Å²) in [6, 6.07) is 10.7. The van der Waals surface area contributed by atoms with Crippen LogP contribution >= 0.6 is 0 Å². The van der Waals surface area contributed by atoms with Crippen molar-refractivity contribution in [3.8, 4) is 0 Å². The Morgan fingerprint density at radius 3 is 2.57 bits per heavy atom. The van der Waals surface area contributed by atoms with Gasteiger partial charge in [-0.25, -0.2) is 0 Å². The van der Waals surface area contributed by atoms with Crippen molar-refractivity contribution >= 4 is 0 Å². The summed E-state index contributed by atoms with van der Waals surface area (Å²) in [5, 5.41) is 10.8. The van der Waals surface area contributed by atoms with E-state index in [9.17, 15) is 5.11 Å². The molecule has 0 heterocycles. The molecule has 1 aliphatic carbocycles. The second-order valence-corrected chi connectivity index (χ2v) is 7.15. The Balaban J connectivity index is 1.84. The lowest BCUT2D eigenvalue weighted by atomic mass is 9.79. The molecule has 1 nitrogen and oxygen atoms in total. The van der Waals surface area contributed by atoms with Crippen molar-refractivity contribution in [1.82, 2.24) is 0 Å². The highest BCUT2D eigenvalue weighted by Crippen LogP contribution is 2.31. The normalized spacial score (nSPS) is 19.0. The number of hydrogen-bond acceptors (Lipinski definition) is 1. The molecular formula is C22H34O. The predicted molar refractivity (Wildman–Crippen MR) is 99.5 cm³/mol. The van der Waals surface area contributed by atoms with Crippen LogP contribution in [0.5, 0.6) is 0 Å². The van der Waals surface area contributed by atoms with Gasteiger partial charge in [-0.2, -0.15) is 0 Å². The van der Waals surface area contributed by atoms with Crippen LogP contribution in [0.4, 0.5) is 0 Å². The Morgan fingerprint density at radius 2 is 1.87 bits per heavy atom. The molecule has 2 atom stereocenters. The number of aryl methyl sites for hydroxylation is 1. The molecular weight excluding hydrogens is 280 g/mol. The van der Waals surface area contributed by atoms with Gasteiger partial charge in [0.05, 0.1) is 6.10 Å². The quantitative estimate of drug-likeness (QED) is 0.561. The van der Waals surface area contributed by atoms with Crippen LogP contribution in [-0.4, -0.2) is 11.2 Å². The third-order valence-electron chi connectivity index (χ3n) is 5.29. The van der Waals surface area contributed by atoms with Crippen LogP contribution in [-0.2, 0) is 6.42 Å². The lowest BCUT2D eigenvalue weighted by molar-refractivity contribution is 0.0462. The van der Waals surface area contributed by atoms with E-state index in [0.29, 0.717) is 11.8 Å². The van der Waals surface area contributed by atoms with Gasteiger partial charge in [-0.15, -0.1) is 0 Å². The first-order valence-corrected chi connectivity index (χ1v) is 9.70. The molecule has 128 valence electrons. The van der Waals surface area contributed by atoms with Gasteiger partial charge in [-0.3, -0.25) is 0 Å². The monoisotopic (exact) mass is 314 g/mol. The summed E-state index contributed by atoms with van der Waals surface area (Å²) >= 11 is 0. The summed E-state index contributed by atoms with van der Waals surface area (Å²) in [5.74, 6) is 0.887. The maximum atomic E-state index is 10.8. The Labute approximate surface area is 142 Å². The molecule has 0 amide bonds. The molecule has 1 N–H and O–H groups in total. The molecule has 0 spiro atoms. The maximum Gasteiger partial charge on any atom is 0.0630 e. The number of hydrogen-bond donors (Lipinski definition) is 1. The highest BCUT2D eigenvalue weighted by atomic mass is 16.3. The van der Waals surface area contributed by atoms with Gasteiger partial charge in [0.1, 0.15) is 0 Å². The molecule has 0 unspecified atom stereocenters. The Morgan fingerprint density at radius 1 is 1.13 bits per heavy atom. The molecule has 2 rings (SSSR count). The minimum Gasteiger partial charge on any atom is -0.392 e. The van der Waals surface area contributed by atoms with Gasteiger partial charge in [0.25, 0.3) is 0 Å². The largest absolute Gasteiger partial charge is 0.392 e. The number of rotatable bonds is 9. The fraction of sp³-hybridized carbons (Fsp3) is 0.636. The second kappa shape index (κ2) is 10.6. The van der Waals surface area contributed by atoms with E-state index < -0.39 is 0 Å². The molecule has 0 aromatic heterocycles. The number of aliphatic hydroxyl groups is 1. The summed E-state index contributed by atoms with van der Waals surface area (Å²) in [7, 11) is 0. The van der Waals surface area contributed by atoms with Crippen molar-refractivity contribution in [2.45, 2.75) is 77.2 Å². The molecule has 1 heteroatoms. The smallest absolute Gasteiger partial charge is 0.0630 e. The van der Waals surface area contributed by atoms with Crippen molar-refractivity contribution in [3.63, 3.8) is 0 Å². The lowest BCUT2D eigenvalue weighted by Crippen LogP contribution is -2.29. The van der Waals surface area contributed by atoms with Gasteiger partial charge < -0.3 is 5.11 Å². The molecule has 1 fully saturated rings. The SMILES string of the molecule is CCCC[C@@H](/C=C/CCc1ccccc1)[C@@H](O)C1CCCCC1. The first kappa shape index (κ1) is 18.3. The zero-order valence-corrected chi connectivity index (χ0v) is 14.8. The highest BCUT2D eigenvalue weighted by Gasteiger charge is 2.26. The predicted octanol–water partition coefficient (Wildman–Crippen LogP) is 5.92. The summed E-state index contributed by atoms with van der Waals surface area (Å²) in [6.07, 6.45) is 16.6. The molecule has 0 bridgehead atoms. The first-order valence-electron chi connectivity index (χ1n) is 9.70. The number of aliphatic hydroxyl groups excluding tert-OH is 1. The number of unbranched alkanes of at least 4 members (excludes halogenated alkanes) is 1. The lowest BCUT2D eigenvalue weighted by Gasteiger charge is -2.31. The molecule has 0 aliphatic heterocycles. The Kier molecular flexibility index (Phi) is 8.46. The van der Waals surface area contributed by atoms with Gasteiger partial charge in [0, 0.05) is 5.92 Å². The fourth-order valence-corrected chi connectivity index (χ4v) is 3.81. The highest BCUT2D eigenvalue weighted by molar-refractivity contribution is 5.15. The van der Waals surface area contributed by atoms with E-state index in [1.54, 1.807) is 0 Å². The van der Waals surface area contributed by atoms with Crippen LogP contribution in [0.15, 0.2) is 42.5 Å².